The van der Waals surface area contributed by atoms with Crippen LogP contribution in [0.2, 0.25) is 0 Å². The van der Waals surface area contributed by atoms with Crippen molar-refractivity contribution >= 4 is 0 Å². The van der Waals surface area contributed by atoms with Gasteiger partial charge in [0.05, 0.1) is 6.61 Å². The Labute approximate surface area is 136 Å². The molecule has 1 aromatic rings. The highest BCUT2D eigenvalue weighted by atomic mass is 16.5. The zero-order valence-corrected chi connectivity index (χ0v) is 14.7. The van der Waals surface area contributed by atoms with Crippen LogP contribution in [0.3, 0.4) is 0 Å². The summed E-state index contributed by atoms with van der Waals surface area (Å²) in [5, 5.41) is 10.4. The number of unbranched alkanes of at least 4 members (excludes halogenated alkanes) is 4. The molecule has 0 heterocycles. The lowest BCUT2D eigenvalue weighted by atomic mass is 9.93. The third-order valence-corrected chi connectivity index (χ3v) is 3.96. The summed E-state index contributed by atoms with van der Waals surface area (Å²) in [6, 6.07) is 3.98. The van der Waals surface area contributed by atoms with Gasteiger partial charge in [0.1, 0.15) is 11.5 Å². The molecule has 124 valence electrons. The molecule has 0 radical (unpaired) electrons. The molecule has 0 aliphatic rings. The largest absolute Gasteiger partial charge is 0.507 e. The van der Waals surface area contributed by atoms with Gasteiger partial charge in [-0.3, -0.25) is 0 Å². The molecular formula is C20H32O2. The first-order valence-corrected chi connectivity index (χ1v) is 8.57. The van der Waals surface area contributed by atoms with Crippen LogP contribution in [0.4, 0.5) is 0 Å². The van der Waals surface area contributed by atoms with Crippen LogP contribution in [-0.2, 0) is 0 Å². The number of hydrogen-bond donors (Lipinski definition) is 1. The van der Waals surface area contributed by atoms with Crippen molar-refractivity contribution in [1.29, 1.82) is 0 Å². The van der Waals surface area contributed by atoms with Gasteiger partial charge in [0.25, 0.3) is 0 Å². The van der Waals surface area contributed by atoms with E-state index < -0.39 is 0 Å². The van der Waals surface area contributed by atoms with Gasteiger partial charge in [-0.05, 0) is 43.2 Å². The van der Waals surface area contributed by atoms with Gasteiger partial charge >= 0.3 is 0 Å². The minimum Gasteiger partial charge on any atom is -0.507 e. The fraction of sp³-hybridized carbons (Fsp3) is 0.600. The molecular weight excluding hydrogens is 272 g/mol. The summed E-state index contributed by atoms with van der Waals surface area (Å²) in [7, 11) is 0. The molecule has 0 atom stereocenters. The molecule has 0 bridgehead atoms. The monoisotopic (exact) mass is 304 g/mol. The maximum Gasteiger partial charge on any atom is 0.122 e. The van der Waals surface area contributed by atoms with Crippen LogP contribution < -0.4 is 4.74 Å². The third-order valence-electron chi connectivity index (χ3n) is 3.96. The number of ether oxygens (including phenoxy) is 1. The standard InChI is InChI=1S/C20H32O2/c1-6-7-8-9-10-11-12-22-17-13-18(15(2)3)20(21)19(14-17)16(4)5/h6,13-16,21H,1,7-12H2,2-5H3. The lowest BCUT2D eigenvalue weighted by molar-refractivity contribution is 0.303. The first-order chi connectivity index (χ1) is 10.5. The predicted molar refractivity (Wildman–Crippen MR) is 95.1 cm³/mol. The molecule has 1 rings (SSSR count). The Kier molecular flexibility index (Phi) is 8.08. The van der Waals surface area contributed by atoms with E-state index >= 15 is 0 Å². The van der Waals surface area contributed by atoms with Gasteiger partial charge in [-0.25, -0.2) is 0 Å². The first-order valence-electron chi connectivity index (χ1n) is 8.57. The Bertz CT molecular complexity index is 432. The van der Waals surface area contributed by atoms with Gasteiger partial charge in [0, 0.05) is 11.1 Å². The van der Waals surface area contributed by atoms with Gasteiger partial charge in [-0.1, -0.05) is 46.6 Å². The first kappa shape index (κ1) is 18.6. The highest BCUT2D eigenvalue weighted by molar-refractivity contribution is 5.49. The van der Waals surface area contributed by atoms with Crippen LogP contribution in [0.1, 0.15) is 82.8 Å². The second-order valence-electron chi connectivity index (χ2n) is 6.60. The van der Waals surface area contributed by atoms with Gasteiger partial charge in [0.2, 0.25) is 0 Å². The third kappa shape index (κ3) is 5.75. The van der Waals surface area contributed by atoms with Crippen LogP contribution in [0.15, 0.2) is 24.8 Å². The van der Waals surface area contributed by atoms with E-state index in [0.717, 1.165) is 36.3 Å². The number of phenolic OH excluding ortho intramolecular Hbond substituents is 1. The smallest absolute Gasteiger partial charge is 0.122 e. The van der Waals surface area contributed by atoms with E-state index in [1.807, 2.05) is 18.2 Å². The summed E-state index contributed by atoms with van der Waals surface area (Å²) in [6.45, 7) is 12.9. The highest BCUT2D eigenvalue weighted by Gasteiger charge is 2.15. The van der Waals surface area contributed by atoms with E-state index in [2.05, 4.69) is 34.3 Å². The molecule has 2 nitrogen and oxygen atoms in total. The minimum atomic E-state index is 0.292. The van der Waals surface area contributed by atoms with Crippen LogP contribution in [-0.4, -0.2) is 11.7 Å². The molecule has 0 aliphatic carbocycles. The molecule has 0 aromatic heterocycles. The maximum absolute atomic E-state index is 10.4. The quantitative estimate of drug-likeness (QED) is 0.414. The SMILES string of the molecule is C=CCCCCCCOc1cc(C(C)C)c(O)c(C(C)C)c1. The van der Waals surface area contributed by atoms with Crippen molar-refractivity contribution in [2.45, 2.75) is 71.6 Å². The van der Waals surface area contributed by atoms with Crippen molar-refractivity contribution < 1.29 is 9.84 Å². The molecule has 2 heteroatoms. The van der Waals surface area contributed by atoms with Crippen molar-refractivity contribution in [2.75, 3.05) is 6.61 Å². The summed E-state index contributed by atoms with van der Waals surface area (Å²) >= 11 is 0. The summed E-state index contributed by atoms with van der Waals surface area (Å²) in [4.78, 5) is 0. The van der Waals surface area contributed by atoms with Gasteiger partial charge in [0.15, 0.2) is 0 Å². The molecule has 1 aromatic carbocycles. The maximum atomic E-state index is 10.4. The second-order valence-corrected chi connectivity index (χ2v) is 6.60. The summed E-state index contributed by atoms with van der Waals surface area (Å²) in [5.74, 6) is 1.90. The van der Waals surface area contributed by atoms with E-state index in [1.165, 1.54) is 19.3 Å². The Morgan fingerprint density at radius 3 is 2.05 bits per heavy atom. The molecule has 0 amide bonds. The van der Waals surface area contributed by atoms with Crippen LogP contribution >= 0.6 is 0 Å². The summed E-state index contributed by atoms with van der Waals surface area (Å²) < 4.78 is 5.92. The molecule has 1 N–H and O–H groups in total. The Morgan fingerprint density at radius 1 is 1.00 bits per heavy atom. The lowest BCUT2D eigenvalue weighted by Gasteiger charge is -2.18. The normalized spacial score (nSPS) is 11.2. The predicted octanol–water partition coefficient (Wildman–Crippen LogP) is 6.15. The van der Waals surface area contributed by atoms with Gasteiger partial charge in [-0.2, -0.15) is 0 Å². The second kappa shape index (κ2) is 9.55. The molecule has 0 fully saturated rings. The van der Waals surface area contributed by atoms with Crippen LogP contribution in [0.25, 0.3) is 0 Å². The van der Waals surface area contributed by atoms with E-state index in [-0.39, 0.29) is 0 Å². The van der Waals surface area contributed by atoms with E-state index in [0.29, 0.717) is 17.6 Å². The van der Waals surface area contributed by atoms with Gasteiger partial charge in [-0.15, -0.1) is 6.58 Å². The van der Waals surface area contributed by atoms with Gasteiger partial charge < -0.3 is 9.84 Å². The summed E-state index contributed by atoms with van der Waals surface area (Å²) in [6.07, 6.45) is 7.81. The number of rotatable bonds is 10. The number of hydrogen-bond acceptors (Lipinski definition) is 2. The zero-order chi connectivity index (χ0) is 16.5. The molecule has 0 spiro atoms. The molecule has 22 heavy (non-hydrogen) atoms. The number of benzene rings is 1. The van der Waals surface area contributed by atoms with E-state index in [1.54, 1.807) is 0 Å². The van der Waals surface area contributed by atoms with E-state index in [9.17, 15) is 5.11 Å². The van der Waals surface area contributed by atoms with Crippen molar-refractivity contribution in [1.82, 2.24) is 0 Å². The molecule has 0 unspecified atom stereocenters. The Hall–Kier alpha value is -1.44. The molecule has 0 saturated heterocycles. The van der Waals surface area contributed by atoms with Crippen molar-refractivity contribution in [2.24, 2.45) is 0 Å². The van der Waals surface area contributed by atoms with Crippen molar-refractivity contribution in [3.8, 4) is 11.5 Å². The highest BCUT2D eigenvalue weighted by Crippen LogP contribution is 2.37. The average Bonchev–Trinajstić information content (AvgIpc) is 2.47. The fourth-order valence-corrected chi connectivity index (χ4v) is 2.55. The molecule has 0 aliphatic heterocycles. The fourth-order valence-electron chi connectivity index (χ4n) is 2.55. The number of allylic oxidation sites excluding steroid dienone is 1. The average molecular weight is 304 g/mol. The van der Waals surface area contributed by atoms with Crippen LogP contribution in [0.5, 0.6) is 11.5 Å². The summed E-state index contributed by atoms with van der Waals surface area (Å²) in [5.41, 5.74) is 1.96. The molecule has 0 saturated carbocycles. The van der Waals surface area contributed by atoms with E-state index in [4.69, 9.17) is 4.74 Å². The number of aromatic hydroxyl groups is 1. The van der Waals surface area contributed by atoms with Crippen molar-refractivity contribution in [3.63, 3.8) is 0 Å². The topological polar surface area (TPSA) is 29.5 Å². The van der Waals surface area contributed by atoms with Crippen LogP contribution in [0, 0.1) is 0 Å². The van der Waals surface area contributed by atoms with Crippen molar-refractivity contribution in [3.05, 3.63) is 35.9 Å². The zero-order valence-electron chi connectivity index (χ0n) is 14.7. The minimum absolute atomic E-state index is 0.292. The number of phenols is 1. The Balaban J connectivity index is 2.61. The lowest BCUT2D eigenvalue weighted by Crippen LogP contribution is -2.01. The Morgan fingerprint density at radius 2 is 1.55 bits per heavy atom.